The Kier molecular flexibility index (Phi) is 4.41. The largest absolute Gasteiger partial charge is 0.493 e. The van der Waals surface area contributed by atoms with Gasteiger partial charge in [-0.05, 0) is 43.3 Å². The van der Waals surface area contributed by atoms with Gasteiger partial charge in [-0.2, -0.15) is 0 Å². The zero-order valence-corrected chi connectivity index (χ0v) is 15.0. The Balaban J connectivity index is 1.69. The monoisotopic (exact) mass is 375 g/mol. The SMILES string of the molecule is CCOC(=O)c1ccc(-n2[nH]c(=O)c(/C=C3\C=Nc4ccccc43)c2O)cc1. The molecule has 2 N–H and O–H groups in total. The van der Waals surface area contributed by atoms with Crippen LogP contribution in [0.2, 0.25) is 0 Å². The van der Waals surface area contributed by atoms with Gasteiger partial charge < -0.3 is 9.84 Å². The van der Waals surface area contributed by atoms with E-state index in [2.05, 4.69) is 10.1 Å². The number of fused-ring (bicyclic) bond motifs is 1. The lowest BCUT2D eigenvalue weighted by Gasteiger charge is -2.06. The molecule has 0 radical (unpaired) electrons. The van der Waals surface area contributed by atoms with Crippen LogP contribution in [0.15, 0.2) is 58.3 Å². The third kappa shape index (κ3) is 3.03. The topological polar surface area (TPSA) is 96.7 Å². The molecule has 0 spiro atoms. The summed E-state index contributed by atoms with van der Waals surface area (Å²) in [6, 6.07) is 13.9. The summed E-state index contributed by atoms with van der Waals surface area (Å²) in [5, 5.41) is 13.2. The molecule has 7 nitrogen and oxygen atoms in total. The average molecular weight is 375 g/mol. The van der Waals surface area contributed by atoms with Gasteiger partial charge in [0.1, 0.15) is 5.56 Å². The van der Waals surface area contributed by atoms with E-state index in [9.17, 15) is 14.7 Å². The van der Waals surface area contributed by atoms with Crippen LogP contribution in [-0.4, -0.2) is 33.7 Å². The minimum Gasteiger partial charge on any atom is -0.493 e. The number of H-pyrrole nitrogens is 1. The van der Waals surface area contributed by atoms with Crippen molar-refractivity contribution < 1.29 is 14.6 Å². The predicted molar refractivity (Wildman–Crippen MR) is 106 cm³/mol. The molecule has 140 valence electrons. The lowest BCUT2D eigenvalue weighted by Crippen LogP contribution is -2.07. The number of ether oxygens (including phenoxy) is 1. The van der Waals surface area contributed by atoms with E-state index in [0.717, 1.165) is 16.8 Å². The van der Waals surface area contributed by atoms with Crippen LogP contribution in [0, 0.1) is 0 Å². The third-order valence-corrected chi connectivity index (χ3v) is 4.40. The Labute approximate surface area is 160 Å². The minimum absolute atomic E-state index is 0.132. The van der Waals surface area contributed by atoms with Gasteiger partial charge in [-0.25, -0.2) is 9.48 Å². The third-order valence-electron chi connectivity index (χ3n) is 4.40. The fourth-order valence-corrected chi connectivity index (χ4v) is 3.02. The second-order valence-electron chi connectivity index (χ2n) is 6.16. The number of nitrogens with one attached hydrogen (secondary N) is 1. The molecule has 0 atom stereocenters. The lowest BCUT2D eigenvalue weighted by molar-refractivity contribution is 0.0526. The molecule has 0 saturated carbocycles. The van der Waals surface area contributed by atoms with Gasteiger partial charge in [-0.1, -0.05) is 18.2 Å². The summed E-state index contributed by atoms with van der Waals surface area (Å²) in [6.45, 7) is 2.02. The van der Waals surface area contributed by atoms with Gasteiger partial charge in [0.2, 0.25) is 5.88 Å². The lowest BCUT2D eigenvalue weighted by atomic mass is 10.1. The van der Waals surface area contributed by atoms with Gasteiger partial charge in [0.05, 0.1) is 23.5 Å². The van der Waals surface area contributed by atoms with E-state index in [1.165, 1.54) is 4.68 Å². The van der Waals surface area contributed by atoms with E-state index in [4.69, 9.17) is 4.74 Å². The zero-order valence-electron chi connectivity index (χ0n) is 15.0. The van der Waals surface area contributed by atoms with Gasteiger partial charge >= 0.3 is 5.97 Å². The maximum Gasteiger partial charge on any atom is 0.338 e. The van der Waals surface area contributed by atoms with Crippen molar-refractivity contribution in [3.05, 3.63) is 75.6 Å². The van der Waals surface area contributed by atoms with Gasteiger partial charge in [0, 0.05) is 17.4 Å². The molecule has 0 unspecified atom stereocenters. The Morgan fingerprint density at radius 3 is 2.71 bits per heavy atom. The number of aliphatic imine (C=N–C) groups is 1. The molecule has 0 amide bonds. The van der Waals surface area contributed by atoms with E-state index in [1.807, 2.05) is 24.3 Å². The molecule has 0 aliphatic carbocycles. The summed E-state index contributed by atoms with van der Waals surface area (Å²) < 4.78 is 6.22. The number of carbonyl (C=O) groups is 1. The van der Waals surface area contributed by atoms with Gasteiger partial charge in [0.25, 0.3) is 5.56 Å². The van der Waals surface area contributed by atoms with Crippen LogP contribution in [0.4, 0.5) is 5.69 Å². The van der Waals surface area contributed by atoms with Crippen molar-refractivity contribution in [2.45, 2.75) is 6.92 Å². The first-order valence-electron chi connectivity index (χ1n) is 8.75. The van der Waals surface area contributed by atoms with Crippen LogP contribution >= 0.6 is 0 Å². The predicted octanol–water partition coefficient (Wildman–Crippen LogP) is 3.30. The van der Waals surface area contributed by atoms with E-state index in [0.29, 0.717) is 11.3 Å². The molecule has 0 bridgehead atoms. The number of para-hydroxylation sites is 1. The molecule has 0 fully saturated rings. The van der Waals surface area contributed by atoms with E-state index in [1.54, 1.807) is 43.5 Å². The second-order valence-corrected chi connectivity index (χ2v) is 6.16. The average Bonchev–Trinajstić information content (AvgIpc) is 3.24. The number of hydrogen-bond donors (Lipinski definition) is 2. The molecule has 28 heavy (non-hydrogen) atoms. The highest BCUT2D eigenvalue weighted by Gasteiger charge is 2.17. The van der Waals surface area contributed by atoms with E-state index < -0.39 is 11.5 Å². The van der Waals surface area contributed by atoms with Crippen molar-refractivity contribution >= 4 is 29.5 Å². The Morgan fingerprint density at radius 1 is 1.21 bits per heavy atom. The van der Waals surface area contributed by atoms with Crippen LogP contribution < -0.4 is 5.56 Å². The molecule has 2 aromatic carbocycles. The molecule has 7 heteroatoms. The second kappa shape index (κ2) is 7.03. The van der Waals surface area contributed by atoms with Crippen LogP contribution in [0.1, 0.15) is 28.4 Å². The number of aromatic nitrogens is 2. The fraction of sp³-hybridized carbons (Fsp3) is 0.0952. The smallest absolute Gasteiger partial charge is 0.338 e. The highest BCUT2D eigenvalue weighted by Crippen LogP contribution is 2.33. The number of carbonyl (C=O) groups excluding carboxylic acids is 1. The van der Waals surface area contributed by atoms with Crippen molar-refractivity contribution in [2.24, 2.45) is 4.99 Å². The summed E-state index contributed by atoms with van der Waals surface area (Å²) in [6.07, 6.45) is 3.27. The Hall–Kier alpha value is -3.87. The van der Waals surface area contributed by atoms with E-state index in [-0.39, 0.29) is 18.1 Å². The van der Waals surface area contributed by atoms with Crippen molar-refractivity contribution in [1.29, 1.82) is 0 Å². The first-order chi connectivity index (χ1) is 13.6. The van der Waals surface area contributed by atoms with Gasteiger partial charge in [-0.3, -0.25) is 14.9 Å². The number of esters is 1. The Bertz CT molecular complexity index is 1170. The number of aromatic amines is 1. The summed E-state index contributed by atoms with van der Waals surface area (Å²) in [5.41, 5.74) is 3.05. The van der Waals surface area contributed by atoms with Crippen molar-refractivity contribution in [3.63, 3.8) is 0 Å². The van der Waals surface area contributed by atoms with Crippen LogP contribution in [0.3, 0.4) is 0 Å². The molecule has 1 aliphatic heterocycles. The fourth-order valence-electron chi connectivity index (χ4n) is 3.02. The number of benzene rings is 2. The molecule has 0 saturated heterocycles. The molecule has 1 aliphatic rings. The highest BCUT2D eigenvalue weighted by atomic mass is 16.5. The number of allylic oxidation sites excluding steroid dienone is 1. The molecule has 4 rings (SSSR count). The number of hydrogen-bond acceptors (Lipinski definition) is 5. The van der Waals surface area contributed by atoms with Crippen molar-refractivity contribution in [3.8, 4) is 11.6 Å². The maximum absolute atomic E-state index is 12.4. The van der Waals surface area contributed by atoms with Gasteiger partial charge in [-0.15, -0.1) is 0 Å². The summed E-state index contributed by atoms with van der Waals surface area (Å²) in [5.74, 6) is -0.650. The highest BCUT2D eigenvalue weighted by molar-refractivity contribution is 6.21. The molecule has 3 aromatic rings. The number of aromatic hydroxyl groups is 1. The molecule has 1 aromatic heterocycles. The minimum atomic E-state index is -0.433. The van der Waals surface area contributed by atoms with Gasteiger partial charge in [0.15, 0.2) is 0 Å². The first kappa shape index (κ1) is 17.5. The summed E-state index contributed by atoms with van der Waals surface area (Å²) in [4.78, 5) is 28.5. The van der Waals surface area contributed by atoms with Crippen molar-refractivity contribution in [2.75, 3.05) is 6.61 Å². The van der Waals surface area contributed by atoms with Crippen molar-refractivity contribution in [1.82, 2.24) is 9.78 Å². The van der Waals surface area contributed by atoms with Crippen LogP contribution in [-0.2, 0) is 4.74 Å². The van der Waals surface area contributed by atoms with E-state index >= 15 is 0 Å². The zero-order chi connectivity index (χ0) is 19.7. The molecular formula is C21H17N3O4. The van der Waals surface area contributed by atoms with Crippen LogP contribution in [0.5, 0.6) is 5.88 Å². The molecule has 2 heterocycles. The molecular weight excluding hydrogens is 358 g/mol. The number of nitrogens with zero attached hydrogens (tertiary/aromatic N) is 2. The maximum atomic E-state index is 12.4. The quantitative estimate of drug-likeness (QED) is 0.684. The Morgan fingerprint density at radius 2 is 1.96 bits per heavy atom. The standard InChI is InChI=1S/C21H17N3O4/c1-2-28-21(27)13-7-9-15(10-8-13)24-20(26)17(19(25)23-24)11-14-12-22-18-6-4-3-5-16(14)18/h3-12,26H,2H2,1H3,(H,23,25)/b14-11+. The summed E-state index contributed by atoms with van der Waals surface area (Å²) in [7, 11) is 0. The summed E-state index contributed by atoms with van der Waals surface area (Å²) >= 11 is 0. The normalized spacial score (nSPS) is 13.7. The first-order valence-corrected chi connectivity index (χ1v) is 8.75. The number of rotatable bonds is 4. The van der Waals surface area contributed by atoms with Crippen LogP contribution in [0.25, 0.3) is 17.3 Å².